The van der Waals surface area contributed by atoms with Gasteiger partial charge in [-0.15, -0.1) is 0 Å². The lowest BCUT2D eigenvalue weighted by Crippen LogP contribution is -2.25. The molecule has 0 aliphatic carbocycles. The highest BCUT2D eigenvalue weighted by molar-refractivity contribution is 7.85. The van der Waals surface area contributed by atoms with E-state index >= 15 is 9.13 Å². The van der Waals surface area contributed by atoms with E-state index < -0.39 is 14.3 Å². The van der Waals surface area contributed by atoms with Crippen molar-refractivity contribution < 1.29 is 13.5 Å². The predicted molar refractivity (Wildman–Crippen MR) is 173 cm³/mol. The minimum atomic E-state index is -3.17. The Balaban J connectivity index is 1.47. The quantitative estimate of drug-likeness (QED) is 0.206. The topological polar surface area (TPSA) is 47.3 Å². The minimum absolute atomic E-state index is 0.697. The van der Waals surface area contributed by atoms with Crippen LogP contribution in [0.5, 0.6) is 0 Å². The Morgan fingerprint density at radius 2 is 0.634 bits per heavy atom. The van der Waals surface area contributed by atoms with Gasteiger partial charge in [0, 0.05) is 42.6 Å². The number of fused-ring (bicyclic) bond motifs is 3. The first kappa shape index (κ1) is 25.5. The number of hydrogen-bond acceptors (Lipinski definition) is 3. The van der Waals surface area contributed by atoms with Crippen LogP contribution in [0.1, 0.15) is 0 Å². The van der Waals surface area contributed by atoms with E-state index in [4.69, 9.17) is 4.42 Å². The molecule has 0 fully saturated rings. The molecule has 7 aromatic rings. The van der Waals surface area contributed by atoms with E-state index in [0.717, 1.165) is 42.6 Å². The second kappa shape index (κ2) is 10.2. The molecule has 0 saturated heterocycles. The summed E-state index contributed by atoms with van der Waals surface area (Å²) in [7, 11) is -6.34. The molecule has 0 unspecified atom stereocenters. The molecule has 5 heteroatoms. The molecule has 0 aliphatic rings. The van der Waals surface area contributed by atoms with Crippen LogP contribution in [0.25, 0.3) is 21.9 Å². The van der Waals surface area contributed by atoms with Gasteiger partial charge in [-0.25, -0.2) is 0 Å². The second-order valence-corrected chi connectivity index (χ2v) is 15.6. The van der Waals surface area contributed by atoms with Crippen molar-refractivity contribution in [2.45, 2.75) is 0 Å². The molecule has 0 N–H and O–H groups in total. The molecule has 198 valence electrons. The fourth-order valence-electron chi connectivity index (χ4n) is 5.59. The standard InChI is InChI=1S/C36H26O3P2/c37-40(27-13-5-1-6-14-27,28-15-7-2-8-16-28)31-21-23-35-33(25-31)34-26-32(22-24-36(34)39-35)41(38,29-17-9-3-10-18-29)30-19-11-4-12-20-30/h1-26H. The molecule has 0 bridgehead atoms. The Morgan fingerprint density at radius 1 is 0.341 bits per heavy atom. The Kier molecular flexibility index (Phi) is 6.36. The first-order valence-corrected chi connectivity index (χ1v) is 16.9. The molecule has 6 aromatic carbocycles. The third-order valence-electron chi connectivity index (χ3n) is 7.64. The highest BCUT2D eigenvalue weighted by Gasteiger charge is 2.32. The van der Waals surface area contributed by atoms with E-state index in [2.05, 4.69) is 0 Å². The van der Waals surface area contributed by atoms with E-state index in [1.807, 2.05) is 158 Å². The van der Waals surface area contributed by atoms with E-state index in [-0.39, 0.29) is 0 Å². The fraction of sp³-hybridized carbons (Fsp3) is 0. The van der Waals surface area contributed by atoms with Crippen LogP contribution in [-0.4, -0.2) is 0 Å². The minimum Gasteiger partial charge on any atom is -0.456 e. The van der Waals surface area contributed by atoms with Crippen LogP contribution in [-0.2, 0) is 9.13 Å². The molecule has 0 amide bonds. The van der Waals surface area contributed by atoms with Gasteiger partial charge in [0.2, 0.25) is 0 Å². The van der Waals surface area contributed by atoms with Crippen LogP contribution in [0, 0.1) is 0 Å². The molecule has 0 saturated carbocycles. The molecule has 7 rings (SSSR count). The zero-order valence-corrected chi connectivity index (χ0v) is 23.9. The number of rotatable bonds is 6. The predicted octanol–water partition coefficient (Wildman–Crippen LogP) is 6.86. The summed E-state index contributed by atoms with van der Waals surface area (Å²) in [6.07, 6.45) is 0. The summed E-state index contributed by atoms with van der Waals surface area (Å²) in [5.41, 5.74) is 1.39. The lowest BCUT2D eigenvalue weighted by Gasteiger charge is -2.20. The van der Waals surface area contributed by atoms with Crippen molar-refractivity contribution in [3.05, 3.63) is 158 Å². The van der Waals surface area contributed by atoms with E-state index in [9.17, 15) is 0 Å². The largest absolute Gasteiger partial charge is 0.456 e. The van der Waals surface area contributed by atoms with Crippen LogP contribution in [0.3, 0.4) is 0 Å². The van der Waals surface area contributed by atoms with Gasteiger partial charge in [-0.1, -0.05) is 121 Å². The van der Waals surface area contributed by atoms with Crippen LogP contribution in [0.2, 0.25) is 0 Å². The smallest absolute Gasteiger partial charge is 0.171 e. The highest BCUT2D eigenvalue weighted by atomic mass is 31.2. The van der Waals surface area contributed by atoms with Crippen molar-refractivity contribution in [2.24, 2.45) is 0 Å². The molecule has 41 heavy (non-hydrogen) atoms. The van der Waals surface area contributed by atoms with Crippen molar-refractivity contribution >= 4 is 68.0 Å². The maximum atomic E-state index is 15.0. The van der Waals surface area contributed by atoms with Gasteiger partial charge in [0.05, 0.1) is 0 Å². The summed E-state index contributed by atoms with van der Waals surface area (Å²) < 4.78 is 36.3. The molecule has 3 nitrogen and oxygen atoms in total. The Hall–Kier alpha value is -4.42. The van der Waals surface area contributed by atoms with Crippen LogP contribution < -0.4 is 31.8 Å². The van der Waals surface area contributed by atoms with Crippen LogP contribution in [0.15, 0.2) is 162 Å². The molecule has 0 atom stereocenters. The lowest BCUT2D eigenvalue weighted by molar-refractivity contribution is 0.591. The van der Waals surface area contributed by atoms with E-state index in [1.54, 1.807) is 0 Å². The number of benzene rings is 6. The van der Waals surface area contributed by atoms with Crippen molar-refractivity contribution in [2.75, 3.05) is 0 Å². The van der Waals surface area contributed by atoms with Crippen LogP contribution in [0.4, 0.5) is 0 Å². The van der Waals surface area contributed by atoms with Gasteiger partial charge in [0.1, 0.15) is 11.2 Å². The van der Waals surface area contributed by atoms with Crippen molar-refractivity contribution in [3.63, 3.8) is 0 Å². The van der Waals surface area contributed by atoms with E-state index in [1.165, 1.54) is 0 Å². The van der Waals surface area contributed by atoms with Gasteiger partial charge in [0.15, 0.2) is 14.3 Å². The van der Waals surface area contributed by atoms with Crippen LogP contribution >= 0.6 is 14.3 Å². The van der Waals surface area contributed by atoms with Gasteiger partial charge in [-0.3, -0.25) is 0 Å². The fourth-order valence-corrected chi connectivity index (χ4v) is 10.9. The monoisotopic (exact) mass is 568 g/mol. The molecular formula is C36H26O3P2. The van der Waals surface area contributed by atoms with Gasteiger partial charge < -0.3 is 13.5 Å². The summed E-state index contributed by atoms with van der Waals surface area (Å²) in [6, 6.07) is 50.2. The summed E-state index contributed by atoms with van der Waals surface area (Å²) in [6.45, 7) is 0. The third-order valence-corrected chi connectivity index (χ3v) is 13.8. The van der Waals surface area contributed by atoms with Gasteiger partial charge >= 0.3 is 0 Å². The first-order chi connectivity index (χ1) is 20.1. The summed E-state index contributed by atoms with van der Waals surface area (Å²) in [5.74, 6) is 0. The van der Waals surface area contributed by atoms with Crippen molar-refractivity contribution in [1.82, 2.24) is 0 Å². The number of furan rings is 1. The molecule has 1 heterocycles. The average molecular weight is 569 g/mol. The summed E-state index contributed by atoms with van der Waals surface area (Å²) in [5, 5.41) is 6.25. The summed E-state index contributed by atoms with van der Waals surface area (Å²) in [4.78, 5) is 0. The summed E-state index contributed by atoms with van der Waals surface area (Å²) >= 11 is 0. The Morgan fingerprint density at radius 3 is 0.927 bits per heavy atom. The third kappa shape index (κ3) is 4.21. The van der Waals surface area contributed by atoms with E-state index in [0.29, 0.717) is 11.2 Å². The van der Waals surface area contributed by atoms with Gasteiger partial charge in [-0.2, -0.15) is 0 Å². The van der Waals surface area contributed by atoms with Crippen molar-refractivity contribution in [1.29, 1.82) is 0 Å². The maximum absolute atomic E-state index is 15.0. The SMILES string of the molecule is O=P(c1ccccc1)(c1ccccc1)c1ccc2oc3ccc(P(=O)(c4ccccc4)c4ccccc4)cc3c2c1. The van der Waals surface area contributed by atoms with Gasteiger partial charge in [0.25, 0.3) is 0 Å². The average Bonchev–Trinajstić information content (AvgIpc) is 3.43. The molecule has 0 aliphatic heterocycles. The van der Waals surface area contributed by atoms with Gasteiger partial charge in [-0.05, 0) is 36.4 Å². The molecule has 1 aromatic heterocycles. The second-order valence-electron chi connectivity index (χ2n) is 10.0. The molecule has 0 spiro atoms. The zero-order chi connectivity index (χ0) is 27.9. The lowest BCUT2D eigenvalue weighted by atomic mass is 10.1. The zero-order valence-electron chi connectivity index (χ0n) is 22.1. The maximum Gasteiger partial charge on any atom is 0.171 e. The first-order valence-electron chi connectivity index (χ1n) is 13.5. The molecular weight excluding hydrogens is 542 g/mol. The Bertz CT molecular complexity index is 1850. The molecule has 0 radical (unpaired) electrons. The van der Waals surface area contributed by atoms with Crippen molar-refractivity contribution in [3.8, 4) is 0 Å². The Labute approximate surface area is 238 Å². The normalized spacial score (nSPS) is 12.1. The number of hydrogen-bond donors (Lipinski definition) is 0. The highest BCUT2D eigenvalue weighted by Crippen LogP contribution is 2.45.